The Morgan fingerprint density at radius 2 is 2.14 bits per heavy atom. The summed E-state index contributed by atoms with van der Waals surface area (Å²) in [7, 11) is 0. The molecule has 0 amide bonds. The zero-order chi connectivity index (χ0) is 16.1. The van der Waals surface area contributed by atoms with Gasteiger partial charge in [0.05, 0.1) is 10.6 Å². The monoisotopic (exact) mass is 301 g/mol. The van der Waals surface area contributed by atoms with Gasteiger partial charge in [0.2, 0.25) is 5.88 Å². The first-order valence-corrected chi connectivity index (χ1v) is 6.76. The highest BCUT2D eigenvalue weighted by Crippen LogP contribution is 2.24. The molecule has 0 atom stereocenters. The molecule has 0 saturated carbocycles. The number of carbonyl (C=O) groups excluding carboxylic acids is 1. The van der Waals surface area contributed by atoms with Crippen molar-refractivity contribution >= 4 is 11.5 Å². The van der Waals surface area contributed by atoms with Crippen molar-refractivity contribution in [2.24, 2.45) is 0 Å². The number of ketones is 1. The van der Waals surface area contributed by atoms with Crippen molar-refractivity contribution in [2.75, 3.05) is 0 Å². The van der Waals surface area contributed by atoms with E-state index in [1.54, 1.807) is 25.3 Å². The van der Waals surface area contributed by atoms with Gasteiger partial charge in [-0.05, 0) is 19.4 Å². The standard InChI is InChI=1S/C15H15N3O4/c1-3-13-14(18(20)21)4-5-15(17-13)22-12-6-7-16-11(9-12)8-10(2)19/h4-7,9H,3,8H2,1-2H3. The molecule has 7 nitrogen and oxygen atoms in total. The van der Waals surface area contributed by atoms with Gasteiger partial charge in [0, 0.05) is 30.8 Å². The fraction of sp³-hybridized carbons (Fsp3) is 0.267. The van der Waals surface area contributed by atoms with Crippen LogP contribution in [0.25, 0.3) is 0 Å². The average molecular weight is 301 g/mol. The lowest BCUT2D eigenvalue weighted by Gasteiger charge is -2.07. The number of nitrogens with zero attached hydrogens (tertiary/aromatic N) is 3. The zero-order valence-electron chi connectivity index (χ0n) is 12.3. The third-order valence-corrected chi connectivity index (χ3v) is 2.90. The van der Waals surface area contributed by atoms with Crippen LogP contribution >= 0.6 is 0 Å². The van der Waals surface area contributed by atoms with Gasteiger partial charge in [-0.2, -0.15) is 0 Å². The number of aromatic nitrogens is 2. The molecule has 2 rings (SSSR count). The molecule has 114 valence electrons. The van der Waals surface area contributed by atoms with Crippen LogP contribution < -0.4 is 4.74 Å². The first-order valence-electron chi connectivity index (χ1n) is 6.76. The molecule has 0 N–H and O–H groups in total. The molecule has 2 aromatic heterocycles. The van der Waals surface area contributed by atoms with Crippen LogP contribution in [0.15, 0.2) is 30.5 Å². The maximum atomic E-state index is 11.1. The summed E-state index contributed by atoms with van der Waals surface area (Å²) in [6.45, 7) is 3.27. The Labute approximate surface area is 127 Å². The van der Waals surface area contributed by atoms with Gasteiger partial charge in [0.25, 0.3) is 5.69 Å². The van der Waals surface area contributed by atoms with Gasteiger partial charge in [0.15, 0.2) is 0 Å². The summed E-state index contributed by atoms with van der Waals surface area (Å²) >= 11 is 0. The number of hydrogen-bond donors (Lipinski definition) is 0. The Balaban J connectivity index is 2.23. The summed E-state index contributed by atoms with van der Waals surface area (Å²) in [6.07, 6.45) is 2.20. The summed E-state index contributed by atoms with van der Waals surface area (Å²) in [4.78, 5) is 29.8. The van der Waals surface area contributed by atoms with Crippen LogP contribution in [0.3, 0.4) is 0 Å². The van der Waals surface area contributed by atoms with E-state index in [9.17, 15) is 14.9 Å². The summed E-state index contributed by atoms with van der Waals surface area (Å²) in [6, 6.07) is 6.11. The highest BCUT2D eigenvalue weighted by molar-refractivity contribution is 5.77. The molecular formula is C15H15N3O4. The van der Waals surface area contributed by atoms with E-state index in [4.69, 9.17) is 4.74 Å². The van der Waals surface area contributed by atoms with E-state index in [0.717, 1.165) is 0 Å². The topological polar surface area (TPSA) is 95.2 Å². The molecule has 0 radical (unpaired) electrons. The fourth-order valence-corrected chi connectivity index (χ4v) is 1.95. The normalized spacial score (nSPS) is 10.3. The maximum Gasteiger partial charge on any atom is 0.291 e. The van der Waals surface area contributed by atoms with Gasteiger partial charge in [-0.3, -0.25) is 19.9 Å². The molecule has 2 heterocycles. The van der Waals surface area contributed by atoms with Gasteiger partial charge in [-0.15, -0.1) is 0 Å². The van der Waals surface area contributed by atoms with Crippen molar-refractivity contribution in [3.05, 3.63) is 52.0 Å². The molecule has 7 heteroatoms. The highest BCUT2D eigenvalue weighted by Gasteiger charge is 2.15. The van der Waals surface area contributed by atoms with Crippen molar-refractivity contribution < 1.29 is 14.5 Å². The second-order valence-corrected chi connectivity index (χ2v) is 4.69. The highest BCUT2D eigenvalue weighted by atomic mass is 16.6. The predicted molar refractivity (Wildman–Crippen MR) is 79.0 cm³/mol. The SMILES string of the molecule is CCc1nc(Oc2ccnc(CC(C)=O)c2)ccc1[N+](=O)[O-]. The first kappa shape index (κ1) is 15.6. The minimum atomic E-state index is -0.465. The second kappa shape index (κ2) is 6.75. The maximum absolute atomic E-state index is 11.1. The summed E-state index contributed by atoms with van der Waals surface area (Å²) in [5.41, 5.74) is 0.935. The van der Waals surface area contributed by atoms with Crippen molar-refractivity contribution in [3.8, 4) is 11.6 Å². The number of hydrogen-bond acceptors (Lipinski definition) is 6. The lowest BCUT2D eigenvalue weighted by Crippen LogP contribution is -2.01. The molecule has 0 spiro atoms. The molecule has 0 unspecified atom stereocenters. The Morgan fingerprint density at radius 1 is 1.36 bits per heavy atom. The first-order chi connectivity index (χ1) is 10.5. The van der Waals surface area contributed by atoms with Gasteiger partial charge < -0.3 is 4.74 Å². The smallest absolute Gasteiger partial charge is 0.291 e. The minimum absolute atomic E-state index is 0.00591. The fourth-order valence-electron chi connectivity index (χ4n) is 1.95. The Bertz CT molecular complexity index is 716. The average Bonchev–Trinajstić information content (AvgIpc) is 2.46. The van der Waals surface area contributed by atoms with Crippen molar-refractivity contribution in [1.82, 2.24) is 9.97 Å². The molecule has 0 aromatic carbocycles. The molecule has 0 aliphatic carbocycles. The largest absolute Gasteiger partial charge is 0.439 e. The van der Waals surface area contributed by atoms with E-state index < -0.39 is 4.92 Å². The lowest BCUT2D eigenvalue weighted by molar-refractivity contribution is -0.385. The molecule has 0 fully saturated rings. The van der Waals surface area contributed by atoms with Crippen LogP contribution in [-0.2, 0) is 17.6 Å². The van der Waals surface area contributed by atoms with E-state index >= 15 is 0 Å². The molecule has 0 bridgehead atoms. The van der Waals surface area contributed by atoms with Crippen LogP contribution in [0.2, 0.25) is 0 Å². The Kier molecular flexibility index (Phi) is 4.77. The Morgan fingerprint density at radius 3 is 2.77 bits per heavy atom. The molecule has 0 aliphatic heterocycles. The molecule has 2 aromatic rings. The summed E-state index contributed by atoms with van der Waals surface area (Å²) in [5, 5.41) is 10.9. The lowest BCUT2D eigenvalue weighted by atomic mass is 10.2. The van der Waals surface area contributed by atoms with Gasteiger partial charge in [-0.25, -0.2) is 4.98 Å². The van der Waals surface area contributed by atoms with Gasteiger partial charge in [-0.1, -0.05) is 6.92 Å². The van der Waals surface area contributed by atoms with Gasteiger partial charge >= 0.3 is 0 Å². The van der Waals surface area contributed by atoms with E-state index in [1.807, 2.05) is 0 Å². The van der Waals surface area contributed by atoms with Crippen LogP contribution in [0.1, 0.15) is 25.2 Å². The van der Waals surface area contributed by atoms with Crippen LogP contribution in [0.5, 0.6) is 11.6 Å². The predicted octanol–water partition coefficient (Wildman–Crippen LogP) is 2.87. The van der Waals surface area contributed by atoms with Crippen LogP contribution in [0.4, 0.5) is 5.69 Å². The van der Waals surface area contributed by atoms with E-state index in [2.05, 4.69) is 9.97 Å². The second-order valence-electron chi connectivity index (χ2n) is 4.69. The third-order valence-electron chi connectivity index (χ3n) is 2.90. The molecule has 0 saturated heterocycles. The van der Waals surface area contributed by atoms with Crippen LogP contribution in [-0.4, -0.2) is 20.7 Å². The molecule has 22 heavy (non-hydrogen) atoms. The number of ether oxygens (including phenoxy) is 1. The van der Waals surface area contributed by atoms with Crippen LogP contribution in [0, 0.1) is 10.1 Å². The number of Topliss-reactive ketones (excluding diaryl/α,β-unsaturated/α-hetero) is 1. The van der Waals surface area contributed by atoms with E-state index in [1.165, 1.54) is 19.1 Å². The van der Waals surface area contributed by atoms with E-state index in [-0.39, 0.29) is 23.8 Å². The number of pyridine rings is 2. The number of aryl methyl sites for hydroxylation is 1. The third kappa shape index (κ3) is 3.85. The molecule has 0 aliphatic rings. The van der Waals surface area contributed by atoms with E-state index in [0.29, 0.717) is 23.6 Å². The quantitative estimate of drug-likeness (QED) is 0.601. The zero-order valence-corrected chi connectivity index (χ0v) is 12.3. The minimum Gasteiger partial charge on any atom is -0.439 e. The van der Waals surface area contributed by atoms with Crippen molar-refractivity contribution in [1.29, 1.82) is 0 Å². The summed E-state index contributed by atoms with van der Waals surface area (Å²) < 4.78 is 5.59. The number of rotatable bonds is 6. The number of nitro groups is 1. The van der Waals surface area contributed by atoms with Gasteiger partial charge in [0.1, 0.15) is 17.2 Å². The number of carbonyl (C=O) groups is 1. The molecular weight excluding hydrogens is 286 g/mol. The summed E-state index contributed by atoms with van der Waals surface area (Å²) in [5.74, 6) is 0.753. The van der Waals surface area contributed by atoms with Crippen molar-refractivity contribution in [2.45, 2.75) is 26.7 Å². The Hall–Kier alpha value is -2.83. The van der Waals surface area contributed by atoms with Crippen molar-refractivity contribution in [3.63, 3.8) is 0 Å².